The maximum absolute atomic E-state index is 13.2. The smallest absolute Gasteiger partial charge is 0.345 e. The predicted octanol–water partition coefficient (Wildman–Crippen LogP) is 7.61. The van der Waals surface area contributed by atoms with Crippen molar-refractivity contribution in [2.45, 2.75) is 6.54 Å². The second-order valence-corrected chi connectivity index (χ2v) is 10.2. The Hall–Kier alpha value is -3.78. The Morgan fingerprint density at radius 2 is 1.74 bits per heavy atom. The van der Waals surface area contributed by atoms with Gasteiger partial charge in [0.2, 0.25) is 0 Å². The minimum absolute atomic E-state index is 0.0901. The number of esters is 1. The van der Waals surface area contributed by atoms with Crippen molar-refractivity contribution in [1.82, 2.24) is 4.90 Å². The number of amides is 2. The van der Waals surface area contributed by atoms with Crippen LogP contribution in [0.15, 0.2) is 83.8 Å². The van der Waals surface area contributed by atoms with E-state index in [4.69, 9.17) is 32.7 Å². The van der Waals surface area contributed by atoms with E-state index in [-0.39, 0.29) is 38.8 Å². The number of halogens is 2. The van der Waals surface area contributed by atoms with Gasteiger partial charge in [0.05, 0.1) is 29.1 Å². The molecule has 1 aliphatic rings. The standard InChI is InChI=1S/C29H19Cl2NO5S/c1-36-24-8-4-7-20(26(24)37-28(34)22-12-11-21(30)15-23(22)31)14-25-27(33)32(29(35)38-25)16-17-9-10-18-5-2-3-6-19(18)13-17/h2-15H,16H2,1H3/b25-14-. The summed E-state index contributed by atoms with van der Waals surface area (Å²) in [5.74, 6) is -0.802. The molecule has 0 N–H and O–H groups in total. The molecule has 4 aromatic carbocycles. The van der Waals surface area contributed by atoms with Crippen LogP contribution in [0.5, 0.6) is 11.5 Å². The number of hydrogen-bond acceptors (Lipinski definition) is 6. The summed E-state index contributed by atoms with van der Waals surface area (Å²) in [6.45, 7) is 0.141. The number of hydrogen-bond donors (Lipinski definition) is 0. The molecular formula is C29H19Cl2NO5S. The topological polar surface area (TPSA) is 72.9 Å². The van der Waals surface area contributed by atoms with Crippen LogP contribution < -0.4 is 9.47 Å². The van der Waals surface area contributed by atoms with Crippen molar-refractivity contribution in [3.8, 4) is 11.5 Å². The Balaban J connectivity index is 1.42. The SMILES string of the molecule is COc1cccc(/C=C2\SC(=O)N(Cc3ccc4ccccc4c3)C2=O)c1OC(=O)c1ccc(Cl)cc1Cl. The van der Waals surface area contributed by atoms with Gasteiger partial charge in [-0.3, -0.25) is 14.5 Å². The third-order valence-electron chi connectivity index (χ3n) is 5.89. The van der Waals surface area contributed by atoms with E-state index in [2.05, 4.69) is 0 Å². The summed E-state index contributed by atoms with van der Waals surface area (Å²) < 4.78 is 11.0. The molecule has 190 valence electrons. The first-order chi connectivity index (χ1) is 18.3. The molecule has 0 bridgehead atoms. The predicted molar refractivity (Wildman–Crippen MR) is 150 cm³/mol. The number of carbonyl (C=O) groups is 3. The minimum Gasteiger partial charge on any atom is -0.493 e. The molecule has 1 saturated heterocycles. The molecule has 6 nitrogen and oxygen atoms in total. The Bertz CT molecular complexity index is 1630. The molecule has 0 aromatic heterocycles. The van der Waals surface area contributed by atoms with Crippen LogP contribution in [0.3, 0.4) is 0 Å². The lowest BCUT2D eigenvalue weighted by molar-refractivity contribution is -0.123. The summed E-state index contributed by atoms with van der Waals surface area (Å²) in [5, 5.41) is 2.22. The number of imide groups is 1. The van der Waals surface area contributed by atoms with Crippen molar-refractivity contribution in [2.75, 3.05) is 7.11 Å². The van der Waals surface area contributed by atoms with Gasteiger partial charge in [0, 0.05) is 10.6 Å². The average Bonchev–Trinajstić information content (AvgIpc) is 3.16. The second kappa shape index (κ2) is 10.9. The van der Waals surface area contributed by atoms with Crippen LogP contribution in [-0.4, -0.2) is 29.1 Å². The van der Waals surface area contributed by atoms with Crippen LogP contribution in [0.2, 0.25) is 10.0 Å². The van der Waals surface area contributed by atoms with Crippen molar-refractivity contribution in [2.24, 2.45) is 0 Å². The van der Waals surface area contributed by atoms with Crippen LogP contribution in [0.4, 0.5) is 4.79 Å². The summed E-state index contributed by atoms with van der Waals surface area (Å²) in [6, 6.07) is 23.1. The van der Waals surface area contributed by atoms with Gasteiger partial charge in [0.15, 0.2) is 11.5 Å². The van der Waals surface area contributed by atoms with Gasteiger partial charge in [-0.2, -0.15) is 0 Å². The van der Waals surface area contributed by atoms with Crippen molar-refractivity contribution < 1.29 is 23.9 Å². The molecular weight excluding hydrogens is 545 g/mol. The highest BCUT2D eigenvalue weighted by molar-refractivity contribution is 8.18. The molecule has 0 unspecified atom stereocenters. The van der Waals surface area contributed by atoms with Crippen molar-refractivity contribution in [3.05, 3.63) is 111 Å². The fourth-order valence-corrected chi connectivity index (χ4v) is 5.33. The van der Waals surface area contributed by atoms with Gasteiger partial charge in [0.25, 0.3) is 11.1 Å². The molecule has 0 spiro atoms. The quantitative estimate of drug-likeness (QED) is 0.136. The summed E-state index contributed by atoms with van der Waals surface area (Å²) in [7, 11) is 1.43. The number of rotatable bonds is 6. The zero-order valence-corrected chi connectivity index (χ0v) is 22.3. The number of methoxy groups -OCH3 is 1. The summed E-state index contributed by atoms with van der Waals surface area (Å²) in [4.78, 5) is 40.3. The number of fused-ring (bicyclic) bond motifs is 1. The molecule has 4 aromatic rings. The third-order valence-corrected chi connectivity index (χ3v) is 7.35. The van der Waals surface area contributed by atoms with E-state index in [9.17, 15) is 14.4 Å². The lowest BCUT2D eigenvalue weighted by atomic mass is 10.1. The monoisotopic (exact) mass is 563 g/mol. The van der Waals surface area contributed by atoms with Crippen LogP contribution in [0.25, 0.3) is 16.8 Å². The maximum Gasteiger partial charge on any atom is 0.345 e. The summed E-state index contributed by atoms with van der Waals surface area (Å²) >= 11 is 12.9. The first-order valence-electron chi connectivity index (χ1n) is 11.4. The van der Waals surface area contributed by atoms with Crippen molar-refractivity contribution >= 4 is 68.9 Å². The molecule has 0 saturated carbocycles. The van der Waals surface area contributed by atoms with Crippen LogP contribution in [0.1, 0.15) is 21.5 Å². The Labute approximate surface area is 232 Å². The molecule has 0 radical (unpaired) electrons. The zero-order chi connectivity index (χ0) is 26.8. The highest BCUT2D eigenvalue weighted by Gasteiger charge is 2.35. The van der Waals surface area contributed by atoms with Gasteiger partial charge in [-0.25, -0.2) is 4.79 Å². The second-order valence-electron chi connectivity index (χ2n) is 8.34. The zero-order valence-electron chi connectivity index (χ0n) is 19.9. The van der Waals surface area contributed by atoms with E-state index in [1.165, 1.54) is 36.3 Å². The first kappa shape index (κ1) is 25.9. The molecule has 1 fully saturated rings. The van der Waals surface area contributed by atoms with Crippen molar-refractivity contribution in [1.29, 1.82) is 0 Å². The number of benzene rings is 4. The van der Waals surface area contributed by atoms with Crippen molar-refractivity contribution in [3.63, 3.8) is 0 Å². The van der Waals surface area contributed by atoms with Crippen LogP contribution in [0, 0.1) is 0 Å². The average molecular weight is 564 g/mol. The van der Waals surface area contributed by atoms with Crippen LogP contribution >= 0.6 is 35.0 Å². The van der Waals surface area contributed by atoms with Gasteiger partial charge < -0.3 is 9.47 Å². The van der Waals surface area contributed by atoms with Gasteiger partial charge in [-0.1, -0.05) is 71.7 Å². The van der Waals surface area contributed by atoms with Gasteiger partial charge in [-0.15, -0.1) is 0 Å². The molecule has 0 atom stereocenters. The third kappa shape index (κ3) is 5.27. The van der Waals surface area contributed by atoms with Crippen LogP contribution in [-0.2, 0) is 11.3 Å². The maximum atomic E-state index is 13.2. The van der Waals surface area contributed by atoms with E-state index in [1.54, 1.807) is 18.2 Å². The highest BCUT2D eigenvalue weighted by Crippen LogP contribution is 2.38. The first-order valence-corrected chi connectivity index (χ1v) is 13.0. The van der Waals surface area contributed by atoms with E-state index in [0.717, 1.165) is 28.1 Å². The van der Waals surface area contributed by atoms with E-state index >= 15 is 0 Å². The molecule has 1 heterocycles. The molecule has 1 aliphatic heterocycles. The summed E-state index contributed by atoms with van der Waals surface area (Å²) in [6.07, 6.45) is 1.51. The number of nitrogens with zero attached hydrogens (tertiary/aromatic N) is 1. The number of carbonyl (C=O) groups excluding carboxylic acids is 3. The lowest BCUT2D eigenvalue weighted by Gasteiger charge is -2.14. The normalized spacial score (nSPS) is 14.4. The fraction of sp³-hybridized carbons (Fsp3) is 0.0690. The minimum atomic E-state index is -0.727. The number of thioether (sulfide) groups is 1. The summed E-state index contributed by atoms with van der Waals surface area (Å²) in [5.41, 5.74) is 1.34. The Morgan fingerprint density at radius 1 is 0.947 bits per heavy atom. The van der Waals surface area contributed by atoms with Gasteiger partial charge in [0.1, 0.15) is 0 Å². The lowest BCUT2D eigenvalue weighted by Crippen LogP contribution is -2.27. The largest absolute Gasteiger partial charge is 0.493 e. The number of ether oxygens (including phenoxy) is 2. The van der Waals surface area contributed by atoms with E-state index in [1.807, 2.05) is 42.5 Å². The Morgan fingerprint density at radius 3 is 2.50 bits per heavy atom. The number of para-hydroxylation sites is 1. The molecule has 9 heteroatoms. The molecule has 38 heavy (non-hydrogen) atoms. The molecule has 0 aliphatic carbocycles. The molecule has 5 rings (SSSR count). The van der Waals surface area contributed by atoms with E-state index in [0.29, 0.717) is 10.6 Å². The highest BCUT2D eigenvalue weighted by atomic mass is 35.5. The Kier molecular flexibility index (Phi) is 7.42. The van der Waals surface area contributed by atoms with Gasteiger partial charge in [-0.05, 0) is 64.5 Å². The van der Waals surface area contributed by atoms with Gasteiger partial charge >= 0.3 is 5.97 Å². The molecule has 2 amide bonds. The fourth-order valence-electron chi connectivity index (χ4n) is 4.02. The van der Waals surface area contributed by atoms with E-state index < -0.39 is 11.9 Å².